The third kappa shape index (κ3) is 4.61. The molecule has 1 heterocycles. The number of carbonyl (C=O) groups is 1. The molecule has 1 N–H and O–H groups in total. The van der Waals surface area contributed by atoms with Crippen LogP contribution in [0.3, 0.4) is 0 Å². The maximum atomic E-state index is 12.2. The van der Waals surface area contributed by atoms with Gasteiger partial charge in [-0.2, -0.15) is 0 Å². The predicted octanol–water partition coefficient (Wildman–Crippen LogP) is 3.77. The summed E-state index contributed by atoms with van der Waals surface area (Å²) in [6.07, 6.45) is 0.180. The molecule has 0 aliphatic heterocycles. The van der Waals surface area contributed by atoms with Crippen LogP contribution in [-0.4, -0.2) is 15.8 Å². The number of thiazole rings is 1. The first kappa shape index (κ1) is 18.1. The molecule has 24 heavy (non-hydrogen) atoms. The van der Waals surface area contributed by atoms with Gasteiger partial charge in [-0.3, -0.25) is 14.9 Å². The van der Waals surface area contributed by atoms with Crippen LogP contribution in [0.2, 0.25) is 0 Å². The number of rotatable bonds is 5. The Morgan fingerprint density at radius 3 is 2.46 bits per heavy atom. The summed E-state index contributed by atoms with van der Waals surface area (Å²) in [5.74, 6) is -0.135. The van der Waals surface area contributed by atoms with Crippen molar-refractivity contribution in [2.75, 3.05) is 0 Å². The average Bonchev–Trinajstić information content (AvgIpc) is 2.97. The molecule has 2 aromatic rings. The number of hydrogen-bond acceptors (Lipinski definition) is 5. The number of nitrogens with zero attached hydrogens (tertiary/aromatic N) is 2. The zero-order valence-corrected chi connectivity index (χ0v) is 15.0. The van der Waals surface area contributed by atoms with Crippen molar-refractivity contribution in [2.24, 2.45) is 0 Å². The second kappa shape index (κ2) is 7.09. The Morgan fingerprint density at radius 1 is 1.33 bits per heavy atom. The number of aromatic nitrogens is 1. The van der Waals surface area contributed by atoms with Crippen LogP contribution >= 0.6 is 11.3 Å². The Balaban J connectivity index is 1.96. The summed E-state index contributed by atoms with van der Waals surface area (Å²) in [6, 6.07) is 5.84. The zero-order valence-electron chi connectivity index (χ0n) is 14.2. The summed E-state index contributed by atoms with van der Waals surface area (Å²) < 4.78 is 0. The van der Waals surface area contributed by atoms with Crippen LogP contribution in [0.4, 0.5) is 5.69 Å². The molecular weight excluding hydrogens is 326 g/mol. The number of non-ortho nitro benzene ring substituents is 1. The molecule has 0 saturated heterocycles. The number of amides is 1. The van der Waals surface area contributed by atoms with Gasteiger partial charge in [-0.25, -0.2) is 4.98 Å². The standard InChI is InChI=1S/C17H21N3O3S/c1-11(16-19-14(10-24-16)17(2,3)4)18-15(21)9-12-5-7-13(8-6-12)20(22)23/h5-8,10-11H,9H2,1-4H3,(H,18,21)/t11-/m1/s1. The van der Waals surface area contributed by atoms with E-state index < -0.39 is 4.92 Å². The number of carbonyl (C=O) groups excluding carboxylic acids is 1. The van der Waals surface area contributed by atoms with Crippen molar-refractivity contribution < 1.29 is 9.72 Å². The maximum Gasteiger partial charge on any atom is 0.269 e. The first-order valence-electron chi connectivity index (χ1n) is 7.65. The highest BCUT2D eigenvalue weighted by Gasteiger charge is 2.20. The molecule has 0 spiro atoms. The van der Waals surface area contributed by atoms with E-state index in [0.29, 0.717) is 0 Å². The van der Waals surface area contributed by atoms with Gasteiger partial charge in [0.15, 0.2) is 0 Å². The molecule has 0 fully saturated rings. The highest BCUT2D eigenvalue weighted by atomic mass is 32.1. The fourth-order valence-electron chi connectivity index (χ4n) is 2.11. The maximum absolute atomic E-state index is 12.2. The highest BCUT2D eigenvalue weighted by Crippen LogP contribution is 2.26. The number of nitrogens with one attached hydrogen (secondary N) is 1. The summed E-state index contributed by atoms with van der Waals surface area (Å²) in [6.45, 7) is 8.20. The third-order valence-electron chi connectivity index (χ3n) is 3.55. The monoisotopic (exact) mass is 347 g/mol. The van der Waals surface area contributed by atoms with Gasteiger partial charge in [-0.05, 0) is 12.5 Å². The van der Waals surface area contributed by atoms with Crippen molar-refractivity contribution in [3.8, 4) is 0 Å². The van der Waals surface area contributed by atoms with E-state index in [2.05, 4.69) is 31.1 Å². The molecule has 0 saturated carbocycles. The first-order valence-corrected chi connectivity index (χ1v) is 8.53. The molecule has 1 amide bonds. The van der Waals surface area contributed by atoms with Gasteiger partial charge in [-0.15, -0.1) is 11.3 Å². The van der Waals surface area contributed by atoms with Crippen molar-refractivity contribution >= 4 is 22.9 Å². The van der Waals surface area contributed by atoms with Crippen LogP contribution < -0.4 is 5.32 Å². The molecule has 6 nitrogen and oxygen atoms in total. The topological polar surface area (TPSA) is 85.1 Å². The van der Waals surface area contributed by atoms with Gasteiger partial charge in [0.2, 0.25) is 5.91 Å². The van der Waals surface area contributed by atoms with E-state index in [1.54, 1.807) is 12.1 Å². The fraction of sp³-hybridized carbons (Fsp3) is 0.412. The first-order chi connectivity index (χ1) is 11.2. The number of nitro groups is 1. The molecule has 0 bridgehead atoms. The second-order valence-electron chi connectivity index (χ2n) is 6.71. The lowest BCUT2D eigenvalue weighted by molar-refractivity contribution is -0.384. The van der Waals surface area contributed by atoms with Gasteiger partial charge in [0.25, 0.3) is 5.69 Å². The Labute approximate surface area is 145 Å². The van der Waals surface area contributed by atoms with Crippen LogP contribution in [0.5, 0.6) is 0 Å². The molecule has 1 aromatic heterocycles. The molecule has 0 unspecified atom stereocenters. The van der Waals surface area contributed by atoms with Gasteiger partial charge < -0.3 is 5.32 Å². The summed E-state index contributed by atoms with van der Waals surface area (Å²) in [7, 11) is 0. The van der Waals surface area contributed by atoms with Crippen LogP contribution in [0.15, 0.2) is 29.6 Å². The van der Waals surface area contributed by atoms with Gasteiger partial charge >= 0.3 is 0 Å². The third-order valence-corrected chi connectivity index (χ3v) is 4.58. The van der Waals surface area contributed by atoms with Crippen molar-refractivity contribution in [1.29, 1.82) is 0 Å². The van der Waals surface area contributed by atoms with Gasteiger partial charge in [-0.1, -0.05) is 32.9 Å². The van der Waals surface area contributed by atoms with Crippen LogP contribution in [-0.2, 0) is 16.6 Å². The Kier molecular flexibility index (Phi) is 5.33. The Morgan fingerprint density at radius 2 is 1.96 bits per heavy atom. The Bertz CT molecular complexity index is 732. The Hall–Kier alpha value is -2.28. The lowest BCUT2D eigenvalue weighted by Gasteiger charge is -2.15. The average molecular weight is 347 g/mol. The minimum Gasteiger partial charge on any atom is -0.347 e. The van der Waals surface area contributed by atoms with E-state index in [0.717, 1.165) is 16.3 Å². The van der Waals surface area contributed by atoms with Crippen molar-refractivity contribution in [1.82, 2.24) is 10.3 Å². The van der Waals surface area contributed by atoms with Gasteiger partial charge in [0, 0.05) is 22.9 Å². The smallest absolute Gasteiger partial charge is 0.269 e. The zero-order chi connectivity index (χ0) is 17.9. The lowest BCUT2D eigenvalue weighted by Crippen LogP contribution is -2.28. The fourth-order valence-corrected chi connectivity index (χ4v) is 3.16. The van der Waals surface area contributed by atoms with Crippen LogP contribution in [0.25, 0.3) is 0 Å². The second-order valence-corrected chi connectivity index (χ2v) is 7.60. The quantitative estimate of drug-likeness (QED) is 0.659. The summed E-state index contributed by atoms with van der Waals surface area (Å²) in [5.41, 5.74) is 1.75. The minimum absolute atomic E-state index is 0.0166. The SMILES string of the molecule is C[C@@H](NC(=O)Cc1ccc([N+](=O)[O-])cc1)c1nc(C(C)(C)C)cs1. The number of benzene rings is 1. The summed E-state index contributed by atoms with van der Waals surface area (Å²) in [4.78, 5) is 26.9. The molecule has 1 aromatic carbocycles. The van der Waals surface area contributed by atoms with Crippen LogP contribution in [0.1, 0.15) is 50.0 Å². The molecule has 0 radical (unpaired) electrons. The minimum atomic E-state index is -0.457. The highest BCUT2D eigenvalue weighted by molar-refractivity contribution is 7.09. The van der Waals surface area contributed by atoms with E-state index in [1.807, 2.05) is 12.3 Å². The van der Waals surface area contributed by atoms with Gasteiger partial charge in [0.1, 0.15) is 5.01 Å². The van der Waals surface area contributed by atoms with Crippen molar-refractivity contribution in [2.45, 2.75) is 45.6 Å². The lowest BCUT2D eigenvalue weighted by atomic mass is 9.93. The van der Waals surface area contributed by atoms with Gasteiger partial charge in [0.05, 0.1) is 23.1 Å². The van der Waals surface area contributed by atoms with Crippen molar-refractivity contribution in [3.05, 3.63) is 56.0 Å². The van der Waals surface area contributed by atoms with E-state index in [-0.39, 0.29) is 29.5 Å². The molecular formula is C17H21N3O3S. The number of hydrogen-bond donors (Lipinski definition) is 1. The normalized spacial score (nSPS) is 12.7. The van der Waals surface area contributed by atoms with E-state index in [1.165, 1.54) is 23.5 Å². The van der Waals surface area contributed by atoms with E-state index >= 15 is 0 Å². The largest absolute Gasteiger partial charge is 0.347 e. The predicted molar refractivity (Wildman–Crippen MR) is 94.2 cm³/mol. The molecule has 2 rings (SSSR count). The van der Waals surface area contributed by atoms with Crippen molar-refractivity contribution in [3.63, 3.8) is 0 Å². The summed E-state index contributed by atoms with van der Waals surface area (Å²) >= 11 is 1.54. The van der Waals surface area contributed by atoms with E-state index in [4.69, 9.17) is 0 Å². The molecule has 1 atom stereocenters. The molecule has 128 valence electrons. The summed E-state index contributed by atoms with van der Waals surface area (Å²) in [5, 5.41) is 16.4. The molecule has 7 heteroatoms. The molecule has 0 aliphatic carbocycles. The molecule has 0 aliphatic rings. The van der Waals surface area contributed by atoms with E-state index in [9.17, 15) is 14.9 Å². The van der Waals surface area contributed by atoms with Crippen LogP contribution in [0, 0.1) is 10.1 Å². The number of nitro benzene ring substituents is 1.